The summed E-state index contributed by atoms with van der Waals surface area (Å²) < 4.78 is 7.46. The number of methoxy groups -OCH3 is 1. The number of nitrogens with zero attached hydrogens (tertiary/aromatic N) is 3. The van der Waals surface area contributed by atoms with Crippen LogP contribution in [0.25, 0.3) is 11.0 Å². The number of carbonyl (C=O) groups excluding carboxylic acids is 1. The molecule has 2 aromatic carbocycles. The molecule has 1 aliphatic heterocycles. The van der Waals surface area contributed by atoms with E-state index >= 15 is 0 Å². The maximum atomic E-state index is 12.5. The Hall–Kier alpha value is -3.19. The molecule has 7 nitrogen and oxygen atoms in total. The standard InChI is InChI=1S/C24H29N5O2/c1-17(19-10-11-23(31-3)20(14-19)15-28-12-6-7-13-28)26-27-24(30)16-29-18(2)25-21-8-4-5-9-22(21)29/h4-5,8-11,14H,6-7,12-13,15-16H2,1-3H3,(H,27,30)/p+1/b26-17-. The van der Waals surface area contributed by atoms with E-state index < -0.39 is 0 Å². The van der Waals surface area contributed by atoms with E-state index in [1.165, 1.54) is 31.5 Å². The highest BCUT2D eigenvalue weighted by molar-refractivity contribution is 5.99. The molecular weight excluding hydrogens is 390 g/mol. The van der Waals surface area contributed by atoms with Gasteiger partial charge in [0.2, 0.25) is 0 Å². The summed E-state index contributed by atoms with van der Waals surface area (Å²) in [4.78, 5) is 18.6. The van der Waals surface area contributed by atoms with Gasteiger partial charge in [-0.1, -0.05) is 12.1 Å². The van der Waals surface area contributed by atoms with Gasteiger partial charge in [-0.15, -0.1) is 0 Å². The van der Waals surface area contributed by atoms with Gasteiger partial charge in [-0.2, -0.15) is 5.10 Å². The van der Waals surface area contributed by atoms with Gasteiger partial charge in [0.05, 0.1) is 36.9 Å². The van der Waals surface area contributed by atoms with Crippen molar-refractivity contribution >= 4 is 22.7 Å². The third kappa shape index (κ3) is 4.77. The molecule has 0 atom stereocenters. The summed E-state index contributed by atoms with van der Waals surface area (Å²) in [5, 5.41) is 4.35. The Kier molecular flexibility index (Phi) is 6.32. The first-order valence-corrected chi connectivity index (χ1v) is 10.8. The minimum Gasteiger partial charge on any atom is -0.496 e. The second-order valence-corrected chi connectivity index (χ2v) is 8.13. The van der Waals surface area contributed by atoms with E-state index in [1.54, 1.807) is 12.0 Å². The number of aromatic nitrogens is 2. The average Bonchev–Trinajstić information content (AvgIpc) is 3.40. The van der Waals surface area contributed by atoms with Crippen LogP contribution in [-0.2, 0) is 17.9 Å². The number of benzene rings is 2. The zero-order valence-corrected chi connectivity index (χ0v) is 18.4. The van der Waals surface area contributed by atoms with Crippen LogP contribution in [0.2, 0.25) is 0 Å². The van der Waals surface area contributed by atoms with E-state index in [0.717, 1.165) is 40.4 Å². The van der Waals surface area contributed by atoms with Crippen molar-refractivity contribution in [2.24, 2.45) is 5.10 Å². The Morgan fingerprint density at radius 2 is 2.00 bits per heavy atom. The van der Waals surface area contributed by atoms with Gasteiger partial charge in [0.25, 0.3) is 5.91 Å². The Labute approximate surface area is 182 Å². The molecule has 1 aromatic heterocycles. The van der Waals surface area contributed by atoms with Crippen molar-refractivity contribution in [3.8, 4) is 5.75 Å². The van der Waals surface area contributed by atoms with E-state index in [0.29, 0.717) is 0 Å². The first kappa shape index (κ1) is 21.1. The van der Waals surface area contributed by atoms with E-state index in [2.05, 4.69) is 21.6 Å². The van der Waals surface area contributed by atoms with Crippen LogP contribution in [0.4, 0.5) is 0 Å². The number of hydrazone groups is 1. The van der Waals surface area contributed by atoms with Gasteiger partial charge in [0, 0.05) is 18.4 Å². The molecule has 4 rings (SSSR count). The number of aryl methyl sites for hydroxylation is 1. The Balaban J connectivity index is 1.46. The average molecular weight is 421 g/mol. The molecule has 0 spiro atoms. The zero-order valence-electron chi connectivity index (χ0n) is 18.4. The quantitative estimate of drug-likeness (QED) is 0.454. The van der Waals surface area contributed by atoms with Crippen molar-refractivity contribution in [2.45, 2.75) is 39.8 Å². The molecule has 162 valence electrons. The lowest BCUT2D eigenvalue weighted by Gasteiger charge is -2.15. The molecule has 3 aromatic rings. The fourth-order valence-electron chi connectivity index (χ4n) is 4.25. The van der Waals surface area contributed by atoms with Crippen molar-refractivity contribution in [2.75, 3.05) is 20.2 Å². The zero-order chi connectivity index (χ0) is 21.8. The van der Waals surface area contributed by atoms with Crippen LogP contribution >= 0.6 is 0 Å². The third-order valence-corrected chi connectivity index (χ3v) is 5.94. The monoisotopic (exact) mass is 420 g/mol. The summed E-state index contributed by atoms with van der Waals surface area (Å²) in [6.45, 7) is 7.35. The largest absolute Gasteiger partial charge is 0.496 e. The van der Waals surface area contributed by atoms with Crippen LogP contribution in [0.15, 0.2) is 47.6 Å². The fourth-order valence-corrected chi connectivity index (χ4v) is 4.25. The summed E-state index contributed by atoms with van der Waals surface area (Å²) in [6, 6.07) is 13.9. The van der Waals surface area contributed by atoms with E-state index in [4.69, 9.17) is 4.74 Å². The molecule has 2 N–H and O–H groups in total. The number of nitrogens with one attached hydrogen (secondary N) is 2. The Morgan fingerprint density at radius 3 is 2.77 bits per heavy atom. The SMILES string of the molecule is COc1ccc(/C(C)=N\NC(=O)Cn2c(C)nc3ccccc32)cc1C[NH+]1CCCC1. The second-order valence-electron chi connectivity index (χ2n) is 8.13. The fraction of sp³-hybridized carbons (Fsp3) is 0.375. The van der Waals surface area contributed by atoms with Gasteiger partial charge in [-0.25, -0.2) is 10.4 Å². The lowest BCUT2D eigenvalue weighted by Crippen LogP contribution is -3.08. The molecular formula is C24H30N5O2+. The third-order valence-electron chi connectivity index (χ3n) is 5.94. The van der Waals surface area contributed by atoms with Crippen LogP contribution in [0, 0.1) is 6.92 Å². The number of rotatable bonds is 7. The van der Waals surface area contributed by atoms with E-state index in [9.17, 15) is 4.79 Å². The molecule has 1 fully saturated rings. The highest BCUT2D eigenvalue weighted by atomic mass is 16.5. The maximum absolute atomic E-state index is 12.5. The number of likely N-dealkylation sites (tertiary alicyclic amines) is 1. The second kappa shape index (κ2) is 9.31. The predicted octanol–water partition coefficient (Wildman–Crippen LogP) is 2.07. The molecule has 0 aliphatic carbocycles. The number of para-hydroxylation sites is 2. The van der Waals surface area contributed by atoms with Gasteiger partial charge in [0.1, 0.15) is 24.7 Å². The molecule has 2 heterocycles. The van der Waals surface area contributed by atoms with Gasteiger partial charge < -0.3 is 14.2 Å². The van der Waals surface area contributed by atoms with Crippen molar-refractivity contribution in [1.29, 1.82) is 0 Å². The normalized spacial score (nSPS) is 14.9. The van der Waals surface area contributed by atoms with Gasteiger partial charge in [-0.3, -0.25) is 4.79 Å². The minimum atomic E-state index is -0.180. The van der Waals surface area contributed by atoms with Crippen LogP contribution in [-0.4, -0.2) is 41.4 Å². The number of fused-ring (bicyclic) bond motifs is 1. The van der Waals surface area contributed by atoms with Crippen LogP contribution in [0.1, 0.15) is 36.7 Å². The number of amides is 1. The molecule has 0 saturated carbocycles. The maximum Gasteiger partial charge on any atom is 0.260 e. The summed E-state index contributed by atoms with van der Waals surface area (Å²) in [6.07, 6.45) is 2.57. The summed E-state index contributed by atoms with van der Waals surface area (Å²) in [5.41, 5.74) is 7.46. The number of ether oxygens (including phenoxy) is 1. The Morgan fingerprint density at radius 1 is 1.23 bits per heavy atom. The summed E-state index contributed by atoms with van der Waals surface area (Å²) in [5.74, 6) is 1.53. The highest BCUT2D eigenvalue weighted by Gasteiger charge is 2.18. The summed E-state index contributed by atoms with van der Waals surface area (Å²) >= 11 is 0. The topological polar surface area (TPSA) is 72.9 Å². The predicted molar refractivity (Wildman–Crippen MR) is 121 cm³/mol. The Bertz CT molecular complexity index is 1110. The minimum absolute atomic E-state index is 0.176. The van der Waals surface area contributed by atoms with E-state index in [-0.39, 0.29) is 12.5 Å². The number of hydrogen-bond donors (Lipinski definition) is 2. The lowest BCUT2D eigenvalue weighted by atomic mass is 10.1. The van der Waals surface area contributed by atoms with E-state index in [1.807, 2.05) is 54.8 Å². The van der Waals surface area contributed by atoms with Crippen molar-refractivity contribution in [1.82, 2.24) is 15.0 Å². The van der Waals surface area contributed by atoms with Crippen molar-refractivity contribution in [3.63, 3.8) is 0 Å². The molecule has 0 radical (unpaired) electrons. The number of hydrogen-bond acceptors (Lipinski definition) is 4. The van der Waals surface area contributed by atoms with Gasteiger partial charge in [-0.05, 0) is 49.7 Å². The molecule has 0 bridgehead atoms. The van der Waals surface area contributed by atoms with Crippen LogP contribution in [0.5, 0.6) is 5.75 Å². The van der Waals surface area contributed by atoms with Crippen molar-refractivity contribution in [3.05, 3.63) is 59.4 Å². The first-order chi connectivity index (χ1) is 15.0. The molecule has 1 amide bonds. The number of quaternary nitrogens is 1. The molecule has 0 unspecified atom stereocenters. The molecule has 1 aliphatic rings. The molecule has 31 heavy (non-hydrogen) atoms. The lowest BCUT2D eigenvalue weighted by molar-refractivity contribution is -0.901. The summed E-state index contributed by atoms with van der Waals surface area (Å²) in [7, 11) is 1.71. The van der Waals surface area contributed by atoms with Gasteiger partial charge >= 0.3 is 0 Å². The van der Waals surface area contributed by atoms with Crippen molar-refractivity contribution < 1.29 is 14.4 Å². The highest BCUT2D eigenvalue weighted by Crippen LogP contribution is 2.20. The molecule has 1 saturated heterocycles. The molecule has 7 heteroatoms. The van der Waals surface area contributed by atoms with Gasteiger partial charge in [0.15, 0.2) is 0 Å². The number of imidazole rings is 1. The first-order valence-electron chi connectivity index (χ1n) is 10.8. The smallest absolute Gasteiger partial charge is 0.260 e. The van der Waals surface area contributed by atoms with Crippen LogP contribution < -0.4 is 15.1 Å². The number of carbonyl (C=O) groups is 1. The van der Waals surface area contributed by atoms with Crippen LogP contribution in [0.3, 0.4) is 0 Å².